The van der Waals surface area contributed by atoms with Crippen LogP contribution in [0.3, 0.4) is 0 Å². The molecule has 0 aromatic heterocycles. The first kappa shape index (κ1) is 27.9. The third-order valence-electron chi connectivity index (χ3n) is 5.38. The van der Waals surface area contributed by atoms with Crippen LogP contribution in [0.4, 0.5) is 26.3 Å². The van der Waals surface area contributed by atoms with Crippen molar-refractivity contribution in [2.45, 2.75) is 24.4 Å². The number of hydrogen-bond acceptors (Lipinski definition) is 4. The SMILES string of the molecule is CC(c1ccc(F)cc1)N(Cc1ccc(/C=C/C(=O)NO)cc1)S(=O)(=O)c1c(F)c(F)c(F)c(F)c1F. The molecule has 1 unspecified atom stereocenters. The minimum Gasteiger partial charge on any atom is -0.288 e. The highest BCUT2D eigenvalue weighted by Crippen LogP contribution is 2.34. The zero-order valence-electron chi connectivity index (χ0n) is 18.9. The number of carbonyl (C=O) groups excluding carboxylic acids is 1. The summed E-state index contributed by atoms with van der Waals surface area (Å²) in [5, 5.41) is 8.52. The van der Waals surface area contributed by atoms with Gasteiger partial charge in [0.15, 0.2) is 28.2 Å². The summed E-state index contributed by atoms with van der Waals surface area (Å²) in [5.74, 6) is -13.8. The molecule has 13 heteroatoms. The Labute approximate surface area is 207 Å². The van der Waals surface area contributed by atoms with Crippen molar-refractivity contribution in [2.24, 2.45) is 0 Å². The molecule has 3 aromatic carbocycles. The van der Waals surface area contributed by atoms with Crippen LogP contribution >= 0.6 is 0 Å². The molecule has 3 rings (SSSR count). The fraction of sp³-hybridized carbons (Fsp3) is 0.125. The molecule has 0 saturated heterocycles. The van der Waals surface area contributed by atoms with Crippen molar-refractivity contribution >= 4 is 22.0 Å². The maximum atomic E-state index is 14.5. The number of hydrogen-bond donors (Lipinski definition) is 2. The second-order valence-corrected chi connectivity index (χ2v) is 9.56. The fourth-order valence-electron chi connectivity index (χ4n) is 3.39. The summed E-state index contributed by atoms with van der Waals surface area (Å²) in [6, 6.07) is 8.89. The summed E-state index contributed by atoms with van der Waals surface area (Å²) in [4.78, 5) is 9.09. The number of nitrogens with one attached hydrogen (secondary N) is 1. The quantitative estimate of drug-likeness (QED) is 0.105. The average molecular weight is 544 g/mol. The van der Waals surface area contributed by atoms with Gasteiger partial charge in [-0.15, -0.1) is 0 Å². The van der Waals surface area contributed by atoms with Crippen molar-refractivity contribution in [2.75, 3.05) is 0 Å². The van der Waals surface area contributed by atoms with Gasteiger partial charge < -0.3 is 0 Å². The maximum absolute atomic E-state index is 14.5. The van der Waals surface area contributed by atoms with E-state index in [4.69, 9.17) is 5.21 Å². The smallest absolute Gasteiger partial charge is 0.267 e. The summed E-state index contributed by atoms with van der Waals surface area (Å²) in [6.07, 6.45) is 2.32. The van der Waals surface area contributed by atoms with Gasteiger partial charge in [-0.1, -0.05) is 36.4 Å². The number of amides is 1. The maximum Gasteiger partial charge on any atom is 0.267 e. The molecule has 0 radical (unpaired) electrons. The van der Waals surface area contributed by atoms with Crippen molar-refractivity contribution in [3.05, 3.63) is 106 Å². The van der Waals surface area contributed by atoms with Gasteiger partial charge in [-0.25, -0.2) is 40.2 Å². The Bertz CT molecular complexity index is 1420. The van der Waals surface area contributed by atoms with Gasteiger partial charge >= 0.3 is 0 Å². The van der Waals surface area contributed by atoms with Crippen LogP contribution in [0.1, 0.15) is 29.7 Å². The van der Waals surface area contributed by atoms with E-state index in [-0.39, 0.29) is 11.1 Å². The lowest BCUT2D eigenvalue weighted by atomic mass is 10.1. The molecule has 0 bridgehead atoms. The van der Waals surface area contributed by atoms with E-state index in [0.717, 1.165) is 18.2 Å². The Kier molecular flexibility index (Phi) is 8.41. The second-order valence-electron chi connectivity index (χ2n) is 7.73. The number of nitrogens with zero attached hydrogens (tertiary/aromatic N) is 1. The number of benzene rings is 3. The molecule has 3 aromatic rings. The van der Waals surface area contributed by atoms with Crippen molar-refractivity contribution < 1.29 is 44.8 Å². The molecule has 196 valence electrons. The summed E-state index contributed by atoms with van der Waals surface area (Å²) >= 11 is 0. The van der Waals surface area contributed by atoms with Gasteiger partial charge in [0.1, 0.15) is 5.82 Å². The molecule has 0 aliphatic rings. The largest absolute Gasteiger partial charge is 0.288 e. The molecule has 0 fully saturated rings. The lowest BCUT2D eigenvalue weighted by molar-refractivity contribution is -0.124. The van der Waals surface area contributed by atoms with Gasteiger partial charge in [0.2, 0.25) is 15.8 Å². The number of halogens is 6. The standard InChI is InChI=1S/C24H18F6N2O4S/c1-13(16-7-9-17(25)10-8-16)32(12-15-4-2-14(3-5-15)6-11-18(33)31-34)37(35,36)24-22(29)20(27)19(26)21(28)23(24)30/h2-11,13,34H,12H2,1H3,(H,31,33)/b11-6+. The Hall–Kier alpha value is -3.68. The first-order valence-corrected chi connectivity index (χ1v) is 11.8. The minimum atomic E-state index is -5.37. The second kappa shape index (κ2) is 11.2. The molecule has 0 spiro atoms. The Morgan fingerprint density at radius 3 is 1.92 bits per heavy atom. The van der Waals surface area contributed by atoms with Gasteiger partial charge in [-0.3, -0.25) is 10.0 Å². The molecular weight excluding hydrogens is 526 g/mol. The first-order chi connectivity index (χ1) is 17.4. The summed E-state index contributed by atoms with van der Waals surface area (Å²) in [6.45, 7) is 0.711. The van der Waals surface area contributed by atoms with Crippen LogP contribution in [-0.4, -0.2) is 23.8 Å². The predicted molar refractivity (Wildman–Crippen MR) is 119 cm³/mol. The van der Waals surface area contributed by atoms with E-state index in [9.17, 15) is 39.6 Å². The molecule has 2 N–H and O–H groups in total. The molecule has 0 aliphatic heterocycles. The van der Waals surface area contributed by atoms with E-state index < -0.39 is 68.3 Å². The highest BCUT2D eigenvalue weighted by molar-refractivity contribution is 7.89. The third kappa shape index (κ3) is 5.84. The van der Waals surface area contributed by atoms with E-state index in [1.165, 1.54) is 54.9 Å². The Morgan fingerprint density at radius 2 is 1.41 bits per heavy atom. The molecule has 0 saturated carbocycles. The summed E-state index contributed by atoms with van der Waals surface area (Å²) in [7, 11) is -5.37. The minimum absolute atomic E-state index is 0.170. The van der Waals surface area contributed by atoms with Gasteiger partial charge in [0, 0.05) is 18.7 Å². The van der Waals surface area contributed by atoms with Crippen molar-refractivity contribution in [3.63, 3.8) is 0 Å². The van der Waals surface area contributed by atoms with E-state index in [1.54, 1.807) is 0 Å². The van der Waals surface area contributed by atoms with E-state index in [2.05, 4.69) is 0 Å². The van der Waals surface area contributed by atoms with Crippen molar-refractivity contribution in [3.8, 4) is 0 Å². The van der Waals surface area contributed by atoms with Crippen LogP contribution in [0, 0.1) is 34.9 Å². The lowest BCUT2D eigenvalue weighted by Crippen LogP contribution is -2.35. The number of sulfonamides is 1. The molecule has 1 amide bonds. The highest BCUT2D eigenvalue weighted by atomic mass is 32.2. The molecule has 0 aliphatic carbocycles. The highest BCUT2D eigenvalue weighted by Gasteiger charge is 2.39. The van der Waals surface area contributed by atoms with Gasteiger partial charge in [0.25, 0.3) is 5.91 Å². The fourth-order valence-corrected chi connectivity index (χ4v) is 5.11. The number of rotatable bonds is 8. The van der Waals surface area contributed by atoms with Crippen LogP contribution in [0.2, 0.25) is 0 Å². The Morgan fingerprint density at radius 1 is 0.892 bits per heavy atom. The molecule has 1 atom stereocenters. The van der Waals surface area contributed by atoms with Crippen LogP contribution in [0.15, 0.2) is 59.5 Å². The van der Waals surface area contributed by atoms with Crippen LogP contribution in [0.25, 0.3) is 6.08 Å². The zero-order valence-corrected chi connectivity index (χ0v) is 19.7. The van der Waals surface area contributed by atoms with E-state index in [0.29, 0.717) is 9.87 Å². The van der Waals surface area contributed by atoms with Crippen LogP contribution in [-0.2, 0) is 21.4 Å². The third-order valence-corrected chi connectivity index (χ3v) is 7.31. The van der Waals surface area contributed by atoms with E-state index >= 15 is 0 Å². The van der Waals surface area contributed by atoms with Gasteiger partial charge in [-0.2, -0.15) is 4.31 Å². The van der Waals surface area contributed by atoms with Crippen molar-refractivity contribution in [1.82, 2.24) is 9.79 Å². The lowest BCUT2D eigenvalue weighted by Gasteiger charge is -2.29. The monoisotopic (exact) mass is 544 g/mol. The Balaban J connectivity index is 2.10. The zero-order chi connectivity index (χ0) is 27.5. The summed E-state index contributed by atoms with van der Waals surface area (Å²) in [5.41, 5.74) is 2.26. The molecule has 6 nitrogen and oxygen atoms in total. The number of carbonyl (C=O) groups is 1. The van der Waals surface area contributed by atoms with Crippen LogP contribution < -0.4 is 5.48 Å². The topological polar surface area (TPSA) is 86.7 Å². The normalized spacial score (nSPS) is 12.8. The molecular formula is C24H18F6N2O4S. The van der Waals surface area contributed by atoms with Crippen LogP contribution in [0.5, 0.6) is 0 Å². The van der Waals surface area contributed by atoms with E-state index in [1.807, 2.05) is 0 Å². The molecule has 0 heterocycles. The first-order valence-electron chi connectivity index (χ1n) is 10.4. The number of hydroxylamine groups is 1. The average Bonchev–Trinajstić information content (AvgIpc) is 2.88. The summed E-state index contributed by atoms with van der Waals surface area (Å²) < 4.78 is 111. The van der Waals surface area contributed by atoms with Crippen molar-refractivity contribution in [1.29, 1.82) is 0 Å². The predicted octanol–water partition coefficient (Wildman–Crippen LogP) is 4.99. The van der Waals surface area contributed by atoms with Gasteiger partial charge in [-0.05, 0) is 41.8 Å². The molecule has 37 heavy (non-hydrogen) atoms. The van der Waals surface area contributed by atoms with Gasteiger partial charge in [0.05, 0.1) is 0 Å².